The summed E-state index contributed by atoms with van der Waals surface area (Å²) in [5, 5.41) is 2.94. The van der Waals surface area contributed by atoms with Crippen molar-refractivity contribution in [2.75, 3.05) is 13.2 Å². The largest absolute Gasteiger partial charge is 0.494 e. The summed E-state index contributed by atoms with van der Waals surface area (Å²) >= 11 is 1.29. The Hall–Kier alpha value is -3.26. The summed E-state index contributed by atoms with van der Waals surface area (Å²) < 4.78 is 5.87. The quantitative estimate of drug-likeness (QED) is 0.486. The molecule has 7 nitrogen and oxygen atoms in total. The van der Waals surface area contributed by atoms with Crippen molar-refractivity contribution < 1.29 is 14.3 Å². The van der Waals surface area contributed by atoms with Crippen LogP contribution in [-0.2, 0) is 17.8 Å². The maximum atomic E-state index is 13.2. The number of carbonyl (C=O) groups excluding carboxylic acids is 2. The second-order valence-electron chi connectivity index (χ2n) is 8.06. The van der Waals surface area contributed by atoms with Gasteiger partial charge in [-0.1, -0.05) is 18.2 Å². The summed E-state index contributed by atoms with van der Waals surface area (Å²) in [5.41, 5.74) is 3.79. The Kier molecular flexibility index (Phi) is 8.03. The van der Waals surface area contributed by atoms with Crippen molar-refractivity contribution in [2.45, 2.75) is 44.7 Å². The molecule has 1 aliphatic rings. The molecule has 8 heteroatoms. The van der Waals surface area contributed by atoms with E-state index in [1.165, 1.54) is 16.9 Å². The summed E-state index contributed by atoms with van der Waals surface area (Å²) in [6.07, 6.45) is 9.54. The molecule has 2 amide bonds. The number of nitrogens with one attached hydrogen (secondary N) is 1. The Morgan fingerprint density at radius 1 is 1.12 bits per heavy atom. The van der Waals surface area contributed by atoms with Crippen LogP contribution in [-0.4, -0.2) is 45.9 Å². The maximum Gasteiger partial charge on any atom is 0.266 e. The highest BCUT2D eigenvalue weighted by Gasteiger charge is 2.32. The zero-order valence-corrected chi connectivity index (χ0v) is 19.3. The Bertz CT molecular complexity index is 1030. The van der Waals surface area contributed by atoms with Gasteiger partial charge in [0.15, 0.2) is 0 Å². The average molecular weight is 465 g/mol. The third kappa shape index (κ3) is 6.38. The fourth-order valence-corrected chi connectivity index (χ4v) is 4.48. The van der Waals surface area contributed by atoms with E-state index in [0.717, 1.165) is 37.0 Å². The molecule has 2 aromatic heterocycles. The third-order valence-corrected chi connectivity index (χ3v) is 6.43. The Morgan fingerprint density at radius 2 is 2.00 bits per heavy atom. The van der Waals surface area contributed by atoms with Crippen molar-refractivity contribution in [2.24, 2.45) is 0 Å². The molecule has 1 atom stereocenters. The number of aromatic nitrogens is 2. The van der Waals surface area contributed by atoms with Crippen molar-refractivity contribution in [3.8, 4) is 5.75 Å². The number of nitrogens with zero attached hydrogens (tertiary/aromatic N) is 3. The highest BCUT2D eigenvalue weighted by molar-refractivity contribution is 7.11. The molecule has 1 N–H and O–H groups in total. The van der Waals surface area contributed by atoms with Crippen LogP contribution in [0.5, 0.6) is 5.75 Å². The van der Waals surface area contributed by atoms with Gasteiger partial charge in [-0.3, -0.25) is 19.6 Å². The standard InChI is InChI=1S/C25H28N4O3S/c30-24-22(7-1-2-13-28-24)29(25(31)23-16-27-18-33-23)17-20-8-10-21(11-9-20)32-14-4-6-19-5-3-12-26-15-19/h3,5,8-12,15-16,18,22H,1-2,4,6-7,13-14,17H2,(H,28,30)/t22-/m0/s1. The molecule has 4 rings (SSSR count). The minimum atomic E-state index is -0.481. The van der Waals surface area contributed by atoms with Gasteiger partial charge in [0.25, 0.3) is 5.91 Å². The van der Waals surface area contributed by atoms with E-state index in [9.17, 15) is 9.59 Å². The topological polar surface area (TPSA) is 84.4 Å². The lowest BCUT2D eigenvalue weighted by atomic mass is 10.1. The Morgan fingerprint density at radius 3 is 2.76 bits per heavy atom. The van der Waals surface area contributed by atoms with E-state index < -0.39 is 6.04 Å². The van der Waals surface area contributed by atoms with Crippen LogP contribution in [0, 0.1) is 0 Å². The molecule has 33 heavy (non-hydrogen) atoms. The first-order valence-corrected chi connectivity index (χ1v) is 12.2. The maximum absolute atomic E-state index is 13.2. The van der Waals surface area contributed by atoms with Gasteiger partial charge in [0, 0.05) is 25.5 Å². The minimum Gasteiger partial charge on any atom is -0.494 e. The van der Waals surface area contributed by atoms with Crippen LogP contribution in [0.3, 0.4) is 0 Å². The number of benzene rings is 1. The number of thiazole rings is 1. The first-order chi connectivity index (χ1) is 16.2. The van der Waals surface area contributed by atoms with Crippen LogP contribution >= 0.6 is 11.3 Å². The molecule has 0 bridgehead atoms. The predicted molar refractivity (Wildman–Crippen MR) is 127 cm³/mol. The van der Waals surface area contributed by atoms with Crippen molar-refractivity contribution in [1.29, 1.82) is 0 Å². The first-order valence-electron chi connectivity index (χ1n) is 11.3. The lowest BCUT2D eigenvalue weighted by molar-refractivity contribution is -0.125. The minimum absolute atomic E-state index is 0.0843. The monoisotopic (exact) mass is 464 g/mol. The van der Waals surface area contributed by atoms with Crippen molar-refractivity contribution in [3.63, 3.8) is 0 Å². The third-order valence-electron chi connectivity index (χ3n) is 5.66. The molecule has 0 aliphatic carbocycles. The van der Waals surface area contributed by atoms with Gasteiger partial charge in [-0.15, -0.1) is 11.3 Å². The van der Waals surface area contributed by atoms with E-state index >= 15 is 0 Å². The average Bonchev–Trinajstić information content (AvgIpc) is 3.31. The zero-order valence-electron chi connectivity index (χ0n) is 18.5. The zero-order chi connectivity index (χ0) is 22.9. The Labute approximate surface area is 197 Å². The lowest BCUT2D eigenvalue weighted by Gasteiger charge is -2.29. The summed E-state index contributed by atoms with van der Waals surface area (Å²) in [7, 11) is 0. The number of ether oxygens (including phenoxy) is 1. The number of hydrogen-bond donors (Lipinski definition) is 1. The fourth-order valence-electron chi connectivity index (χ4n) is 3.91. The van der Waals surface area contributed by atoms with E-state index in [-0.39, 0.29) is 11.8 Å². The number of amides is 2. The van der Waals surface area contributed by atoms with Crippen LogP contribution in [0.25, 0.3) is 0 Å². The molecule has 0 spiro atoms. The normalized spacial score (nSPS) is 16.0. The highest BCUT2D eigenvalue weighted by atomic mass is 32.1. The molecular formula is C25H28N4O3S. The van der Waals surface area contributed by atoms with Gasteiger partial charge in [0.2, 0.25) is 5.91 Å². The smallest absolute Gasteiger partial charge is 0.266 e. The van der Waals surface area contributed by atoms with Gasteiger partial charge in [0.1, 0.15) is 16.7 Å². The van der Waals surface area contributed by atoms with Crippen molar-refractivity contribution >= 4 is 23.2 Å². The predicted octanol–water partition coefficient (Wildman–Crippen LogP) is 3.86. The van der Waals surface area contributed by atoms with Gasteiger partial charge in [-0.2, -0.15) is 0 Å². The molecule has 1 fully saturated rings. The molecule has 0 radical (unpaired) electrons. The second kappa shape index (κ2) is 11.6. The number of carbonyl (C=O) groups is 2. The van der Waals surface area contributed by atoms with E-state index in [1.807, 2.05) is 36.5 Å². The van der Waals surface area contributed by atoms with Gasteiger partial charge in [-0.05, 0) is 61.4 Å². The van der Waals surface area contributed by atoms with Gasteiger partial charge in [-0.25, -0.2) is 0 Å². The molecule has 1 aliphatic heterocycles. The lowest BCUT2D eigenvalue weighted by Crippen LogP contribution is -2.48. The fraction of sp³-hybridized carbons (Fsp3) is 0.360. The molecule has 1 aromatic carbocycles. The van der Waals surface area contributed by atoms with Crippen LogP contribution < -0.4 is 10.1 Å². The molecule has 3 aromatic rings. The SMILES string of the molecule is O=C1NCCCC[C@@H]1N(Cc1ccc(OCCCc2cccnc2)cc1)C(=O)c1cncs1. The summed E-state index contributed by atoms with van der Waals surface area (Å²) in [6, 6.07) is 11.3. The van der Waals surface area contributed by atoms with Crippen molar-refractivity contribution in [1.82, 2.24) is 20.2 Å². The highest BCUT2D eigenvalue weighted by Crippen LogP contribution is 2.22. The Balaban J connectivity index is 1.38. The van der Waals surface area contributed by atoms with Crippen LogP contribution in [0.4, 0.5) is 0 Å². The number of rotatable bonds is 9. The van der Waals surface area contributed by atoms with E-state index in [1.54, 1.807) is 22.8 Å². The summed E-state index contributed by atoms with van der Waals surface area (Å²) in [4.78, 5) is 36.3. The molecule has 172 valence electrons. The molecule has 0 saturated carbocycles. The van der Waals surface area contributed by atoms with Gasteiger partial charge < -0.3 is 15.0 Å². The summed E-state index contributed by atoms with van der Waals surface area (Å²) in [6.45, 7) is 1.63. The van der Waals surface area contributed by atoms with Gasteiger partial charge >= 0.3 is 0 Å². The molecule has 0 unspecified atom stereocenters. The molecule has 3 heterocycles. The number of pyridine rings is 1. The van der Waals surface area contributed by atoms with Gasteiger partial charge in [0.05, 0.1) is 18.3 Å². The molecular weight excluding hydrogens is 436 g/mol. The van der Waals surface area contributed by atoms with Crippen LogP contribution in [0.1, 0.15) is 46.5 Å². The number of hydrogen-bond acceptors (Lipinski definition) is 6. The first kappa shape index (κ1) is 22.9. The molecule has 1 saturated heterocycles. The second-order valence-corrected chi connectivity index (χ2v) is 8.94. The van der Waals surface area contributed by atoms with Crippen LogP contribution in [0.15, 0.2) is 60.5 Å². The van der Waals surface area contributed by atoms with Crippen molar-refractivity contribution in [3.05, 3.63) is 76.5 Å². The van der Waals surface area contributed by atoms with E-state index in [0.29, 0.717) is 31.0 Å². The van der Waals surface area contributed by atoms with E-state index in [2.05, 4.69) is 21.4 Å². The van der Waals surface area contributed by atoms with Crippen LogP contribution in [0.2, 0.25) is 0 Å². The number of aryl methyl sites for hydroxylation is 1. The summed E-state index contributed by atoms with van der Waals surface area (Å²) in [5.74, 6) is 0.548. The van der Waals surface area contributed by atoms with E-state index in [4.69, 9.17) is 4.74 Å².